The number of benzene rings is 7. The first-order chi connectivity index (χ1) is 30.9. The first kappa shape index (κ1) is 53.7. The van der Waals surface area contributed by atoms with Crippen molar-refractivity contribution in [1.29, 1.82) is 0 Å². The molecule has 0 heterocycles. The van der Waals surface area contributed by atoms with Crippen molar-refractivity contribution in [3.63, 3.8) is 0 Å². The Balaban J connectivity index is 0.000000269. The van der Waals surface area contributed by atoms with Gasteiger partial charge in [-0.2, -0.15) is 0 Å². The zero-order valence-electron chi connectivity index (χ0n) is 37.3. The Morgan fingerprint density at radius 1 is 0.462 bits per heavy atom. The Hall–Kier alpha value is -7.48. The standard InChI is InChI=1S/C10H8O2.C9H12O3.3C9H12O2.C6H6O2/c11-9-6-5-7-3-1-2-4-8(7)10(9)12;1-6-2-7(4-10)9(12)8(3-6)5-11;1-6(2)8-5-7(10)3-4-9(8)11;1-2-7-11-9-5-3-8(10)4-6-9;1-2-3-7-4-5-8(10)6-9(7)11;7-5-2-1-3-6(8)4-5/h1-6,11-12H;2-3,10-12H,4-5H2,1H3;3-6,10-11H,1-2H3;3-6,10H,2,7H2,1H3;4-6,10-11H,2-3H2,1H3;1-4,7-8H. The second-order valence-corrected chi connectivity index (χ2v) is 14.7. The maximum atomic E-state index is 9.41. The largest absolute Gasteiger partial charge is 0.508 e. The predicted octanol–water partition coefficient (Wildman–Crippen LogP) is 10.5. The minimum atomic E-state index is -0.208. The lowest BCUT2D eigenvalue weighted by Crippen LogP contribution is -1.93. The van der Waals surface area contributed by atoms with Gasteiger partial charge in [0.05, 0.1) is 19.8 Å². The lowest BCUT2D eigenvalue weighted by atomic mass is 10.0. The lowest BCUT2D eigenvalue weighted by molar-refractivity contribution is 0.263. The van der Waals surface area contributed by atoms with E-state index < -0.39 is 0 Å². The molecule has 0 radical (unpaired) electrons. The average Bonchev–Trinajstić information content (AvgIpc) is 3.28. The fraction of sp³-hybridized carbons (Fsp3) is 0.231. The first-order valence-corrected chi connectivity index (χ1v) is 20.8. The van der Waals surface area contributed by atoms with Crippen LogP contribution < -0.4 is 4.74 Å². The summed E-state index contributed by atoms with van der Waals surface area (Å²) in [6.45, 7) is 10.2. The summed E-state index contributed by atoms with van der Waals surface area (Å²) in [4.78, 5) is 0. The number of hydrogen-bond donors (Lipinski definition) is 12. The van der Waals surface area contributed by atoms with Crippen LogP contribution in [0, 0.1) is 6.92 Å². The van der Waals surface area contributed by atoms with Crippen molar-refractivity contribution in [2.45, 2.75) is 73.0 Å². The average molecular weight is 895 g/mol. The van der Waals surface area contributed by atoms with Crippen LogP contribution >= 0.6 is 0 Å². The zero-order chi connectivity index (χ0) is 48.5. The molecule has 13 heteroatoms. The molecule has 0 spiro atoms. The van der Waals surface area contributed by atoms with Crippen LogP contribution in [0.3, 0.4) is 0 Å². The lowest BCUT2D eigenvalue weighted by Gasteiger charge is -2.07. The van der Waals surface area contributed by atoms with E-state index in [1.54, 1.807) is 72.8 Å². The molecule has 7 aromatic carbocycles. The summed E-state index contributed by atoms with van der Waals surface area (Å²) in [5, 5.41) is 110. The fourth-order valence-corrected chi connectivity index (χ4v) is 5.71. The van der Waals surface area contributed by atoms with Crippen molar-refractivity contribution in [3.8, 4) is 63.2 Å². The summed E-state index contributed by atoms with van der Waals surface area (Å²) >= 11 is 0. The van der Waals surface area contributed by atoms with Gasteiger partial charge in [-0.3, -0.25) is 0 Å². The summed E-state index contributed by atoms with van der Waals surface area (Å²) in [6.07, 6.45) is 2.85. The molecule has 0 bridgehead atoms. The Morgan fingerprint density at radius 2 is 1.00 bits per heavy atom. The van der Waals surface area contributed by atoms with Gasteiger partial charge in [-0.1, -0.05) is 94.3 Å². The molecule has 0 fully saturated rings. The van der Waals surface area contributed by atoms with Gasteiger partial charge in [0.15, 0.2) is 11.5 Å². The third kappa shape index (κ3) is 19.2. The van der Waals surface area contributed by atoms with Gasteiger partial charge in [0, 0.05) is 34.2 Å². The molecule has 7 rings (SSSR count). The van der Waals surface area contributed by atoms with Crippen LogP contribution in [0.2, 0.25) is 0 Å². The maximum Gasteiger partial charge on any atom is 0.165 e. The van der Waals surface area contributed by atoms with Crippen LogP contribution in [0.5, 0.6) is 63.2 Å². The van der Waals surface area contributed by atoms with Gasteiger partial charge in [-0.15, -0.1) is 0 Å². The molecule has 0 aliphatic heterocycles. The number of aryl methyl sites for hydroxylation is 2. The smallest absolute Gasteiger partial charge is 0.165 e. The number of phenolic OH excluding ortho intramolecular Hbond substituents is 9. The summed E-state index contributed by atoms with van der Waals surface area (Å²) in [6, 6.07) is 35.8. The molecule has 0 amide bonds. The SMILES string of the molecule is CC(C)c1cc(O)ccc1O.CCCOc1ccc(O)cc1.CCCc1ccc(O)cc1O.Cc1cc(CO)c(O)c(CO)c1.Oc1ccc2ccccc2c1O.Oc1cccc(O)c1. The number of aliphatic hydroxyl groups is 2. The molecule has 0 unspecified atom stereocenters. The van der Waals surface area contributed by atoms with Crippen molar-refractivity contribution in [1.82, 2.24) is 0 Å². The van der Waals surface area contributed by atoms with Crippen molar-refractivity contribution < 1.29 is 66.0 Å². The monoisotopic (exact) mass is 894 g/mol. The van der Waals surface area contributed by atoms with Crippen molar-refractivity contribution in [2.75, 3.05) is 6.61 Å². The van der Waals surface area contributed by atoms with Gasteiger partial charge in [-0.05, 0) is 103 Å². The third-order valence-electron chi connectivity index (χ3n) is 8.99. The Labute approximate surface area is 379 Å². The van der Waals surface area contributed by atoms with Crippen LogP contribution in [0.25, 0.3) is 10.8 Å². The molecule has 12 N–H and O–H groups in total. The molecule has 0 aromatic heterocycles. The van der Waals surface area contributed by atoms with Crippen LogP contribution in [0.4, 0.5) is 0 Å². The summed E-state index contributed by atoms with van der Waals surface area (Å²) < 4.78 is 5.30. The minimum Gasteiger partial charge on any atom is -0.508 e. The van der Waals surface area contributed by atoms with Crippen LogP contribution in [0.1, 0.15) is 74.3 Å². The molecule has 0 aliphatic carbocycles. The van der Waals surface area contributed by atoms with Crippen LogP contribution in [-0.2, 0) is 19.6 Å². The minimum absolute atomic E-state index is 0.00870. The Kier molecular flexibility index (Phi) is 23.3. The highest BCUT2D eigenvalue weighted by Crippen LogP contribution is 2.33. The number of ether oxygens (including phenoxy) is 1. The van der Waals surface area contributed by atoms with E-state index in [2.05, 4.69) is 6.92 Å². The summed E-state index contributed by atoms with van der Waals surface area (Å²) in [5.74, 6) is 2.11. The number of aliphatic hydroxyl groups excluding tert-OH is 2. The van der Waals surface area contributed by atoms with Gasteiger partial charge < -0.3 is 66.0 Å². The first-order valence-electron chi connectivity index (χ1n) is 20.8. The van der Waals surface area contributed by atoms with E-state index in [1.165, 1.54) is 42.5 Å². The zero-order valence-corrected chi connectivity index (χ0v) is 37.3. The van der Waals surface area contributed by atoms with Crippen LogP contribution in [-0.4, -0.2) is 67.9 Å². The van der Waals surface area contributed by atoms with Crippen molar-refractivity contribution >= 4 is 10.8 Å². The Bertz CT molecular complexity index is 2420. The van der Waals surface area contributed by atoms with Gasteiger partial charge in [0.2, 0.25) is 0 Å². The van der Waals surface area contributed by atoms with Crippen molar-refractivity contribution in [3.05, 3.63) is 161 Å². The molecule has 0 atom stereocenters. The van der Waals surface area contributed by atoms with E-state index in [0.29, 0.717) is 16.5 Å². The van der Waals surface area contributed by atoms with Gasteiger partial charge in [0.1, 0.15) is 51.7 Å². The molecule has 0 aliphatic rings. The molecule has 65 heavy (non-hydrogen) atoms. The van der Waals surface area contributed by atoms with Crippen LogP contribution in [0.15, 0.2) is 133 Å². The van der Waals surface area contributed by atoms with E-state index in [4.69, 9.17) is 45.6 Å². The topological polar surface area (TPSA) is 252 Å². The Morgan fingerprint density at radius 3 is 1.51 bits per heavy atom. The van der Waals surface area contributed by atoms with E-state index in [1.807, 2.05) is 45.9 Å². The highest BCUT2D eigenvalue weighted by Gasteiger charge is 2.07. The molecule has 0 saturated heterocycles. The normalized spacial score (nSPS) is 9.97. The second-order valence-electron chi connectivity index (χ2n) is 14.7. The summed E-state index contributed by atoms with van der Waals surface area (Å²) in [5.41, 5.74) is 3.51. The number of fused-ring (bicyclic) bond motifs is 1. The highest BCUT2D eigenvalue weighted by atomic mass is 16.5. The highest BCUT2D eigenvalue weighted by molar-refractivity contribution is 5.90. The number of hydrogen-bond acceptors (Lipinski definition) is 13. The molecule has 7 aromatic rings. The van der Waals surface area contributed by atoms with Crippen molar-refractivity contribution in [2.24, 2.45) is 0 Å². The number of rotatable bonds is 8. The van der Waals surface area contributed by atoms with Gasteiger partial charge in [0.25, 0.3) is 0 Å². The van der Waals surface area contributed by atoms with E-state index in [9.17, 15) is 20.4 Å². The molecule has 348 valence electrons. The third-order valence-corrected chi connectivity index (χ3v) is 8.99. The molecule has 0 saturated carbocycles. The fourth-order valence-electron chi connectivity index (χ4n) is 5.71. The number of phenols is 10. The molecular weight excluding hydrogens is 833 g/mol. The maximum absolute atomic E-state index is 9.41. The summed E-state index contributed by atoms with van der Waals surface area (Å²) in [7, 11) is 0. The van der Waals surface area contributed by atoms with Gasteiger partial charge in [-0.25, -0.2) is 0 Å². The molecular formula is C52H62O13. The van der Waals surface area contributed by atoms with E-state index >= 15 is 0 Å². The van der Waals surface area contributed by atoms with E-state index in [0.717, 1.165) is 53.7 Å². The number of aromatic hydroxyl groups is 10. The molecule has 13 nitrogen and oxygen atoms in total. The second kappa shape index (κ2) is 28.3. The van der Waals surface area contributed by atoms with E-state index in [-0.39, 0.29) is 76.6 Å². The predicted molar refractivity (Wildman–Crippen MR) is 253 cm³/mol. The van der Waals surface area contributed by atoms with Gasteiger partial charge >= 0.3 is 0 Å². The quantitative estimate of drug-likeness (QED) is 0.0502.